The third kappa shape index (κ3) is 2.14. The maximum atomic E-state index is 12.7. The Hall–Kier alpha value is -1.36. The van der Waals surface area contributed by atoms with Crippen molar-refractivity contribution in [3.8, 4) is 5.75 Å². The Morgan fingerprint density at radius 2 is 2.39 bits per heavy atom. The largest absolute Gasteiger partial charge is 0.493 e. The molecule has 0 aromatic carbocycles. The van der Waals surface area contributed by atoms with Crippen LogP contribution in [0.15, 0.2) is 6.20 Å². The van der Waals surface area contributed by atoms with E-state index in [0.717, 1.165) is 25.8 Å². The molecule has 1 saturated heterocycles. The lowest BCUT2D eigenvalue weighted by Crippen LogP contribution is -2.52. The highest BCUT2D eigenvalue weighted by atomic mass is 16.5. The van der Waals surface area contributed by atoms with E-state index in [0.29, 0.717) is 18.0 Å². The van der Waals surface area contributed by atoms with Crippen LogP contribution in [-0.4, -0.2) is 34.8 Å². The number of Topliss-reactive ketones (excluding diaryl/α,β-unsaturated/α-hetero) is 1. The second-order valence-electron chi connectivity index (χ2n) is 4.92. The van der Waals surface area contributed by atoms with Crippen LogP contribution < -0.4 is 10.1 Å². The first-order chi connectivity index (χ1) is 8.62. The molecule has 1 aliphatic heterocycles. The van der Waals surface area contributed by atoms with Crippen LogP contribution in [0.1, 0.15) is 43.6 Å². The van der Waals surface area contributed by atoms with Crippen molar-refractivity contribution in [3.63, 3.8) is 0 Å². The molecule has 1 atom stereocenters. The second-order valence-corrected chi connectivity index (χ2v) is 4.92. The molecule has 0 bridgehead atoms. The highest BCUT2D eigenvalue weighted by molar-refractivity contribution is 6.03. The molecule has 1 N–H and O–H groups in total. The fraction of sp³-hybridized carbons (Fsp3) is 0.692. The summed E-state index contributed by atoms with van der Waals surface area (Å²) < 4.78 is 6.96. The summed E-state index contributed by atoms with van der Waals surface area (Å²) in [5.74, 6) is 0.647. The number of ether oxygens (including phenoxy) is 1. The van der Waals surface area contributed by atoms with Gasteiger partial charge in [-0.05, 0) is 39.7 Å². The normalized spacial score (nSPS) is 23.9. The van der Waals surface area contributed by atoms with Gasteiger partial charge in [-0.3, -0.25) is 9.48 Å². The fourth-order valence-corrected chi connectivity index (χ4v) is 2.50. The van der Waals surface area contributed by atoms with Crippen molar-refractivity contribution in [1.29, 1.82) is 0 Å². The van der Waals surface area contributed by atoms with Gasteiger partial charge in [0.1, 0.15) is 5.69 Å². The monoisotopic (exact) mass is 251 g/mol. The number of ketones is 1. The molecule has 2 heterocycles. The van der Waals surface area contributed by atoms with E-state index in [1.54, 1.807) is 18.0 Å². The van der Waals surface area contributed by atoms with E-state index in [1.165, 1.54) is 0 Å². The van der Waals surface area contributed by atoms with Crippen molar-refractivity contribution < 1.29 is 9.53 Å². The Labute approximate surface area is 108 Å². The Balaban J connectivity index is 2.35. The van der Waals surface area contributed by atoms with Gasteiger partial charge in [0.05, 0.1) is 18.8 Å². The average Bonchev–Trinajstić information content (AvgIpc) is 2.81. The molecule has 1 aromatic rings. The average molecular weight is 251 g/mol. The quantitative estimate of drug-likeness (QED) is 0.826. The smallest absolute Gasteiger partial charge is 0.204 e. The van der Waals surface area contributed by atoms with Crippen molar-refractivity contribution in [2.75, 3.05) is 13.7 Å². The molecule has 100 valence electrons. The zero-order valence-electron chi connectivity index (χ0n) is 11.3. The van der Waals surface area contributed by atoms with Crippen LogP contribution in [0.3, 0.4) is 0 Å². The zero-order valence-corrected chi connectivity index (χ0v) is 11.3. The van der Waals surface area contributed by atoms with Gasteiger partial charge in [0.25, 0.3) is 0 Å². The second kappa shape index (κ2) is 5.10. The van der Waals surface area contributed by atoms with Gasteiger partial charge >= 0.3 is 0 Å². The molecule has 18 heavy (non-hydrogen) atoms. The van der Waals surface area contributed by atoms with Gasteiger partial charge in [0.15, 0.2) is 5.75 Å². The number of carbonyl (C=O) groups excluding carboxylic acids is 1. The number of nitrogens with zero attached hydrogens (tertiary/aromatic N) is 2. The topological polar surface area (TPSA) is 56.2 Å². The van der Waals surface area contributed by atoms with Crippen LogP contribution in [0, 0.1) is 0 Å². The van der Waals surface area contributed by atoms with Crippen molar-refractivity contribution in [2.45, 2.75) is 45.2 Å². The third-order valence-corrected chi connectivity index (χ3v) is 3.66. The SMILES string of the molecule is CCn1ncc(OC)c1C(=O)C1(C)CCCCN1. The van der Waals surface area contributed by atoms with E-state index in [2.05, 4.69) is 10.4 Å². The molecule has 1 unspecified atom stereocenters. The summed E-state index contributed by atoms with van der Waals surface area (Å²) in [6.45, 7) is 5.51. The van der Waals surface area contributed by atoms with Crippen LogP contribution in [0.25, 0.3) is 0 Å². The molecule has 1 aliphatic rings. The van der Waals surface area contributed by atoms with E-state index in [-0.39, 0.29) is 5.78 Å². The molecular weight excluding hydrogens is 230 g/mol. The Bertz CT molecular complexity index is 412. The third-order valence-electron chi connectivity index (χ3n) is 3.66. The molecule has 5 nitrogen and oxygen atoms in total. The van der Waals surface area contributed by atoms with Crippen molar-refractivity contribution in [2.24, 2.45) is 0 Å². The minimum atomic E-state index is -0.488. The summed E-state index contributed by atoms with van der Waals surface area (Å²) in [5.41, 5.74) is 0.0928. The van der Waals surface area contributed by atoms with E-state index in [9.17, 15) is 4.79 Å². The lowest BCUT2D eigenvalue weighted by atomic mass is 9.85. The summed E-state index contributed by atoms with van der Waals surface area (Å²) in [7, 11) is 1.57. The summed E-state index contributed by atoms with van der Waals surface area (Å²) in [4.78, 5) is 12.7. The molecule has 5 heteroatoms. The van der Waals surface area contributed by atoms with Gasteiger partial charge in [-0.2, -0.15) is 5.10 Å². The first-order valence-electron chi connectivity index (χ1n) is 6.52. The Kier molecular flexibility index (Phi) is 3.71. The number of methoxy groups -OCH3 is 1. The maximum absolute atomic E-state index is 12.7. The minimum Gasteiger partial charge on any atom is -0.493 e. The summed E-state index contributed by atoms with van der Waals surface area (Å²) in [6.07, 6.45) is 4.69. The molecule has 0 aliphatic carbocycles. The molecular formula is C13H21N3O2. The zero-order chi connectivity index (χ0) is 13.2. The molecule has 0 spiro atoms. The van der Waals surface area contributed by atoms with Crippen molar-refractivity contribution in [1.82, 2.24) is 15.1 Å². The highest BCUT2D eigenvalue weighted by Crippen LogP contribution is 2.28. The maximum Gasteiger partial charge on any atom is 0.204 e. The summed E-state index contributed by atoms with van der Waals surface area (Å²) in [6, 6.07) is 0. The molecule has 0 saturated carbocycles. The summed E-state index contributed by atoms with van der Waals surface area (Å²) in [5, 5.41) is 7.54. The first-order valence-corrected chi connectivity index (χ1v) is 6.52. The molecule has 2 rings (SSSR count). The number of aryl methyl sites for hydroxylation is 1. The fourth-order valence-electron chi connectivity index (χ4n) is 2.50. The predicted octanol–water partition coefficient (Wildman–Crippen LogP) is 1.63. The number of piperidine rings is 1. The van der Waals surface area contributed by atoms with E-state index in [1.807, 2.05) is 13.8 Å². The highest BCUT2D eigenvalue weighted by Gasteiger charge is 2.38. The molecule has 1 fully saturated rings. The minimum absolute atomic E-state index is 0.0819. The van der Waals surface area contributed by atoms with Gasteiger partial charge in [-0.1, -0.05) is 0 Å². The van der Waals surface area contributed by atoms with Crippen molar-refractivity contribution >= 4 is 5.78 Å². The number of aromatic nitrogens is 2. The lowest BCUT2D eigenvalue weighted by Gasteiger charge is -2.33. The van der Waals surface area contributed by atoms with Gasteiger partial charge < -0.3 is 10.1 Å². The van der Waals surface area contributed by atoms with Crippen LogP contribution in [-0.2, 0) is 6.54 Å². The number of carbonyl (C=O) groups is 1. The molecule has 0 amide bonds. The van der Waals surface area contributed by atoms with Gasteiger partial charge in [-0.15, -0.1) is 0 Å². The number of rotatable bonds is 4. The predicted molar refractivity (Wildman–Crippen MR) is 69.0 cm³/mol. The number of nitrogens with one attached hydrogen (secondary N) is 1. The Morgan fingerprint density at radius 1 is 1.61 bits per heavy atom. The van der Waals surface area contributed by atoms with Crippen LogP contribution >= 0.6 is 0 Å². The first kappa shape index (κ1) is 13.1. The van der Waals surface area contributed by atoms with Crippen molar-refractivity contribution in [3.05, 3.63) is 11.9 Å². The lowest BCUT2D eigenvalue weighted by molar-refractivity contribution is 0.0820. The van der Waals surface area contributed by atoms with E-state index >= 15 is 0 Å². The Morgan fingerprint density at radius 3 is 2.94 bits per heavy atom. The van der Waals surface area contributed by atoms with Gasteiger partial charge in [0.2, 0.25) is 5.78 Å². The van der Waals surface area contributed by atoms with Crippen LogP contribution in [0.2, 0.25) is 0 Å². The van der Waals surface area contributed by atoms with Gasteiger partial charge in [0, 0.05) is 6.54 Å². The van der Waals surface area contributed by atoms with Crippen LogP contribution in [0.4, 0.5) is 0 Å². The molecule has 0 radical (unpaired) electrons. The van der Waals surface area contributed by atoms with Gasteiger partial charge in [-0.25, -0.2) is 0 Å². The number of hydrogen-bond acceptors (Lipinski definition) is 4. The van der Waals surface area contributed by atoms with Crippen LogP contribution in [0.5, 0.6) is 5.75 Å². The summed E-state index contributed by atoms with van der Waals surface area (Å²) >= 11 is 0. The number of hydrogen-bond donors (Lipinski definition) is 1. The molecule has 1 aromatic heterocycles. The van der Waals surface area contributed by atoms with E-state index < -0.39 is 5.54 Å². The van der Waals surface area contributed by atoms with E-state index in [4.69, 9.17) is 4.74 Å². The standard InChI is InChI=1S/C13H21N3O2/c1-4-16-11(10(18-3)9-15-16)12(17)13(2)7-5-6-8-14-13/h9,14H,4-8H2,1-3H3.